The molecule has 138 valence electrons. The standard InChI is InChI=1S/C20H14N4O2S2/c1-12-16-19(28-17(12)13-5-3-2-4-6-13)21-11-24(20(16)25)9-15-22-18(23-26-15)14-7-8-27-10-14/h2-8,10-11H,9H2,1H3. The van der Waals surface area contributed by atoms with E-state index in [1.54, 1.807) is 17.7 Å². The van der Waals surface area contributed by atoms with Gasteiger partial charge in [-0.15, -0.1) is 11.3 Å². The van der Waals surface area contributed by atoms with Crippen LogP contribution in [0, 0.1) is 6.92 Å². The van der Waals surface area contributed by atoms with E-state index in [-0.39, 0.29) is 12.1 Å². The molecule has 0 unspecified atom stereocenters. The van der Waals surface area contributed by atoms with Crippen molar-refractivity contribution in [3.63, 3.8) is 0 Å². The summed E-state index contributed by atoms with van der Waals surface area (Å²) in [6.45, 7) is 2.16. The average molecular weight is 406 g/mol. The zero-order valence-corrected chi connectivity index (χ0v) is 16.5. The number of thiophene rings is 2. The molecule has 4 heterocycles. The molecule has 0 aliphatic rings. The van der Waals surface area contributed by atoms with Crippen LogP contribution >= 0.6 is 22.7 Å². The smallest absolute Gasteiger partial charge is 0.262 e. The molecule has 28 heavy (non-hydrogen) atoms. The number of nitrogens with zero attached hydrogens (tertiary/aromatic N) is 4. The van der Waals surface area contributed by atoms with Gasteiger partial charge in [-0.2, -0.15) is 16.3 Å². The predicted octanol–water partition coefficient (Wildman–Crippen LogP) is 4.59. The summed E-state index contributed by atoms with van der Waals surface area (Å²) in [7, 11) is 0. The number of hydrogen-bond acceptors (Lipinski definition) is 7. The van der Waals surface area contributed by atoms with E-state index in [1.807, 2.05) is 54.1 Å². The third kappa shape index (κ3) is 2.87. The van der Waals surface area contributed by atoms with E-state index in [0.717, 1.165) is 26.4 Å². The van der Waals surface area contributed by atoms with E-state index in [0.29, 0.717) is 17.1 Å². The van der Waals surface area contributed by atoms with Crippen LogP contribution in [0.4, 0.5) is 0 Å². The van der Waals surface area contributed by atoms with Gasteiger partial charge in [-0.1, -0.05) is 35.5 Å². The molecule has 4 aromatic heterocycles. The van der Waals surface area contributed by atoms with Crippen LogP contribution < -0.4 is 5.56 Å². The second kappa shape index (κ2) is 6.81. The van der Waals surface area contributed by atoms with E-state index in [9.17, 15) is 4.79 Å². The summed E-state index contributed by atoms with van der Waals surface area (Å²) in [6, 6.07) is 12.0. The number of hydrogen-bond donors (Lipinski definition) is 0. The first kappa shape index (κ1) is 17.0. The fourth-order valence-electron chi connectivity index (χ4n) is 3.11. The molecule has 0 bridgehead atoms. The Bertz CT molecular complexity index is 1320. The van der Waals surface area contributed by atoms with Gasteiger partial charge in [0.15, 0.2) is 0 Å². The predicted molar refractivity (Wildman–Crippen MR) is 111 cm³/mol. The summed E-state index contributed by atoms with van der Waals surface area (Å²) >= 11 is 3.10. The third-order valence-corrected chi connectivity index (χ3v) is 6.44. The summed E-state index contributed by atoms with van der Waals surface area (Å²) in [5.74, 6) is 0.900. The molecule has 6 nitrogen and oxygen atoms in total. The van der Waals surface area contributed by atoms with Crippen LogP contribution in [-0.2, 0) is 6.54 Å². The van der Waals surface area contributed by atoms with Crippen LogP contribution in [0.3, 0.4) is 0 Å². The van der Waals surface area contributed by atoms with Gasteiger partial charge in [-0.3, -0.25) is 9.36 Å². The van der Waals surface area contributed by atoms with Crippen molar-refractivity contribution in [1.82, 2.24) is 19.7 Å². The third-order valence-electron chi connectivity index (χ3n) is 4.51. The molecule has 0 N–H and O–H groups in total. The molecule has 1 aromatic carbocycles. The molecule has 8 heteroatoms. The summed E-state index contributed by atoms with van der Waals surface area (Å²) in [5, 5.41) is 8.55. The molecule has 0 amide bonds. The number of aromatic nitrogens is 4. The van der Waals surface area contributed by atoms with Crippen molar-refractivity contribution in [3.05, 3.63) is 75.3 Å². The van der Waals surface area contributed by atoms with Gasteiger partial charge < -0.3 is 4.52 Å². The Morgan fingerprint density at radius 1 is 1.14 bits per heavy atom. The van der Waals surface area contributed by atoms with Crippen LogP contribution in [-0.4, -0.2) is 19.7 Å². The lowest BCUT2D eigenvalue weighted by atomic mass is 10.1. The van der Waals surface area contributed by atoms with Crippen LogP contribution in [0.15, 0.2) is 62.8 Å². The highest BCUT2D eigenvalue weighted by Crippen LogP contribution is 2.35. The minimum absolute atomic E-state index is 0.101. The highest BCUT2D eigenvalue weighted by Gasteiger charge is 2.17. The lowest BCUT2D eigenvalue weighted by molar-refractivity contribution is 0.369. The first-order valence-electron chi connectivity index (χ1n) is 8.60. The van der Waals surface area contributed by atoms with E-state index in [4.69, 9.17) is 4.52 Å². The molecule has 0 aliphatic carbocycles. The van der Waals surface area contributed by atoms with Crippen molar-refractivity contribution >= 4 is 32.9 Å². The Hall–Kier alpha value is -3.10. The Morgan fingerprint density at radius 2 is 2.00 bits per heavy atom. The maximum atomic E-state index is 13.1. The minimum Gasteiger partial charge on any atom is -0.337 e. The number of benzene rings is 1. The Balaban J connectivity index is 1.54. The van der Waals surface area contributed by atoms with Crippen molar-refractivity contribution in [2.45, 2.75) is 13.5 Å². The molecule has 0 fully saturated rings. The average Bonchev–Trinajstić information content (AvgIpc) is 3.45. The van der Waals surface area contributed by atoms with Gasteiger partial charge in [0.1, 0.15) is 11.4 Å². The lowest BCUT2D eigenvalue weighted by Crippen LogP contribution is -2.21. The number of aryl methyl sites for hydroxylation is 1. The van der Waals surface area contributed by atoms with Crippen molar-refractivity contribution < 1.29 is 4.52 Å². The first-order valence-corrected chi connectivity index (χ1v) is 10.4. The van der Waals surface area contributed by atoms with Gasteiger partial charge in [0, 0.05) is 15.8 Å². The van der Waals surface area contributed by atoms with Gasteiger partial charge in [0.25, 0.3) is 5.56 Å². The second-order valence-corrected chi connectivity index (χ2v) is 8.08. The quantitative estimate of drug-likeness (QED) is 0.436. The molecule has 0 radical (unpaired) electrons. The monoisotopic (exact) mass is 406 g/mol. The zero-order chi connectivity index (χ0) is 19.1. The van der Waals surface area contributed by atoms with E-state index < -0.39 is 0 Å². The van der Waals surface area contributed by atoms with Gasteiger partial charge in [0.2, 0.25) is 11.7 Å². The van der Waals surface area contributed by atoms with Gasteiger partial charge in [-0.25, -0.2) is 4.98 Å². The molecule has 0 saturated heterocycles. The zero-order valence-electron chi connectivity index (χ0n) is 14.8. The summed E-state index contributed by atoms with van der Waals surface area (Å²) in [5.41, 5.74) is 2.84. The fraction of sp³-hybridized carbons (Fsp3) is 0.100. The van der Waals surface area contributed by atoms with Crippen molar-refractivity contribution in [2.75, 3.05) is 0 Å². The molecule has 5 aromatic rings. The molecule has 0 saturated carbocycles. The molecule has 5 rings (SSSR count). The van der Waals surface area contributed by atoms with Crippen molar-refractivity contribution in [2.24, 2.45) is 0 Å². The molecule has 0 aliphatic heterocycles. The van der Waals surface area contributed by atoms with Crippen molar-refractivity contribution in [1.29, 1.82) is 0 Å². The highest BCUT2D eigenvalue weighted by atomic mass is 32.1. The van der Waals surface area contributed by atoms with Gasteiger partial charge in [0.05, 0.1) is 11.7 Å². The van der Waals surface area contributed by atoms with Crippen LogP contribution in [0.5, 0.6) is 0 Å². The van der Waals surface area contributed by atoms with Crippen LogP contribution in [0.2, 0.25) is 0 Å². The number of rotatable bonds is 4. The lowest BCUT2D eigenvalue weighted by Gasteiger charge is -2.02. The van der Waals surface area contributed by atoms with Crippen molar-refractivity contribution in [3.8, 4) is 21.8 Å². The Morgan fingerprint density at radius 3 is 2.79 bits per heavy atom. The summed E-state index contributed by atoms with van der Waals surface area (Å²) in [6.07, 6.45) is 1.55. The Labute approximate surface area is 167 Å². The SMILES string of the molecule is Cc1c(-c2ccccc2)sc2ncn(Cc3nc(-c4ccsc4)no3)c(=O)c12. The largest absolute Gasteiger partial charge is 0.337 e. The van der Waals surface area contributed by atoms with Crippen LogP contribution in [0.25, 0.3) is 32.0 Å². The summed E-state index contributed by atoms with van der Waals surface area (Å²) in [4.78, 5) is 23.8. The maximum Gasteiger partial charge on any atom is 0.262 e. The molecular weight excluding hydrogens is 392 g/mol. The van der Waals surface area contributed by atoms with Crippen LogP contribution in [0.1, 0.15) is 11.5 Å². The topological polar surface area (TPSA) is 73.8 Å². The van der Waals surface area contributed by atoms with E-state index in [1.165, 1.54) is 15.9 Å². The second-order valence-electron chi connectivity index (χ2n) is 6.30. The number of fused-ring (bicyclic) bond motifs is 1. The normalized spacial score (nSPS) is 11.3. The molecule has 0 atom stereocenters. The minimum atomic E-state index is -0.101. The van der Waals surface area contributed by atoms with Gasteiger partial charge >= 0.3 is 0 Å². The van der Waals surface area contributed by atoms with E-state index in [2.05, 4.69) is 15.1 Å². The Kier molecular flexibility index (Phi) is 4.14. The first-order chi connectivity index (χ1) is 13.7. The maximum absolute atomic E-state index is 13.1. The van der Waals surface area contributed by atoms with E-state index >= 15 is 0 Å². The molecule has 0 spiro atoms. The summed E-state index contributed by atoms with van der Waals surface area (Å²) < 4.78 is 6.84. The highest BCUT2D eigenvalue weighted by molar-refractivity contribution is 7.22. The fourth-order valence-corrected chi connectivity index (χ4v) is 4.89. The molecular formula is C20H14N4O2S2. The van der Waals surface area contributed by atoms with Gasteiger partial charge in [-0.05, 0) is 29.5 Å².